The van der Waals surface area contributed by atoms with Crippen LogP contribution in [0.4, 0.5) is 0 Å². The molecular formula is C20H20N2OS. The lowest BCUT2D eigenvalue weighted by atomic mass is 10.1. The van der Waals surface area contributed by atoms with Crippen molar-refractivity contribution in [3.8, 4) is 5.69 Å². The summed E-state index contributed by atoms with van der Waals surface area (Å²) in [5, 5.41) is 0.526. The summed E-state index contributed by atoms with van der Waals surface area (Å²) < 4.78 is 1.67. The van der Waals surface area contributed by atoms with Crippen molar-refractivity contribution in [3.63, 3.8) is 0 Å². The number of aromatic nitrogens is 2. The van der Waals surface area contributed by atoms with Crippen molar-refractivity contribution in [3.05, 3.63) is 87.5 Å². The molecule has 0 saturated heterocycles. The van der Waals surface area contributed by atoms with Crippen LogP contribution in [0, 0.1) is 20.8 Å². The lowest BCUT2D eigenvalue weighted by Crippen LogP contribution is -2.20. The number of rotatable bonds is 4. The van der Waals surface area contributed by atoms with Crippen molar-refractivity contribution in [1.29, 1.82) is 0 Å². The zero-order valence-electron chi connectivity index (χ0n) is 14.1. The predicted molar refractivity (Wildman–Crippen MR) is 100 cm³/mol. The molecule has 0 radical (unpaired) electrons. The Balaban J connectivity index is 1.89. The van der Waals surface area contributed by atoms with Crippen molar-refractivity contribution in [2.45, 2.75) is 31.6 Å². The van der Waals surface area contributed by atoms with Gasteiger partial charge < -0.3 is 0 Å². The van der Waals surface area contributed by atoms with Gasteiger partial charge in [0.05, 0.1) is 0 Å². The Bertz CT molecular complexity index is 911. The molecule has 4 heteroatoms. The number of hydrogen-bond donors (Lipinski definition) is 0. The summed E-state index contributed by atoms with van der Waals surface area (Å²) in [5.74, 6) is 0.737. The Morgan fingerprint density at radius 2 is 1.75 bits per heavy atom. The SMILES string of the molecule is Cc1cccc(CSc2nccn(-c3cc(C)cc(C)c3)c2=O)c1. The van der Waals surface area contributed by atoms with Crippen LogP contribution in [0.25, 0.3) is 5.69 Å². The van der Waals surface area contributed by atoms with Gasteiger partial charge in [0.25, 0.3) is 5.56 Å². The molecule has 0 saturated carbocycles. The average Bonchev–Trinajstić information content (AvgIpc) is 2.53. The normalized spacial score (nSPS) is 10.8. The summed E-state index contributed by atoms with van der Waals surface area (Å²) in [6, 6.07) is 14.5. The van der Waals surface area contributed by atoms with Crippen LogP contribution in [-0.4, -0.2) is 9.55 Å². The molecule has 24 heavy (non-hydrogen) atoms. The van der Waals surface area contributed by atoms with E-state index in [1.807, 2.05) is 32.0 Å². The van der Waals surface area contributed by atoms with E-state index in [0.29, 0.717) is 5.03 Å². The number of thioether (sulfide) groups is 1. The molecule has 122 valence electrons. The van der Waals surface area contributed by atoms with Crippen LogP contribution in [0.3, 0.4) is 0 Å². The molecule has 3 nitrogen and oxygen atoms in total. The Kier molecular flexibility index (Phi) is 4.86. The number of aryl methyl sites for hydroxylation is 3. The molecule has 0 fully saturated rings. The lowest BCUT2D eigenvalue weighted by Gasteiger charge is -2.09. The first-order chi connectivity index (χ1) is 11.5. The van der Waals surface area contributed by atoms with Crippen LogP contribution >= 0.6 is 11.8 Å². The molecule has 0 N–H and O–H groups in total. The molecule has 1 aromatic heterocycles. The van der Waals surface area contributed by atoms with Crippen LogP contribution in [0.5, 0.6) is 0 Å². The zero-order chi connectivity index (χ0) is 17.1. The molecule has 0 bridgehead atoms. The summed E-state index contributed by atoms with van der Waals surface area (Å²) in [7, 11) is 0. The van der Waals surface area contributed by atoms with Gasteiger partial charge >= 0.3 is 0 Å². The second-order valence-corrected chi connectivity index (χ2v) is 7.00. The van der Waals surface area contributed by atoms with E-state index in [2.05, 4.69) is 36.2 Å². The van der Waals surface area contributed by atoms with Crippen LogP contribution in [0.1, 0.15) is 22.3 Å². The van der Waals surface area contributed by atoms with E-state index in [1.165, 1.54) is 22.9 Å². The molecule has 1 heterocycles. The fourth-order valence-electron chi connectivity index (χ4n) is 2.74. The standard InChI is InChI=1S/C20H20N2OS/c1-14-5-4-6-17(10-14)13-24-19-20(23)22(8-7-21-19)18-11-15(2)9-16(3)12-18/h4-12H,13H2,1-3H3. The molecule has 0 spiro atoms. The van der Waals surface area contributed by atoms with Gasteiger partial charge in [-0.05, 0) is 49.6 Å². The van der Waals surface area contributed by atoms with Gasteiger partial charge in [0.2, 0.25) is 0 Å². The summed E-state index contributed by atoms with van der Waals surface area (Å²) >= 11 is 1.48. The highest BCUT2D eigenvalue weighted by Crippen LogP contribution is 2.19. The number of nitrogens with zero attached hydrogens (tertiary/aromatic N) is 2. The fraction of sp³-hybridized carbons (Fsp3) is 0.200. The van der Waals surface area contributed by atoms with Gasteiger partial charge in [0.1, 0.15) is 0 Å². The Morgan fingerprint density at radius 3 is 2.46 bits per heavy atom. The van der Waals surface area contributed by atoms with Crippen molar-refractivity contribution < 1.29 is 0 Å². The van der Waals surface area contributed by atoms with Gasteiger partial charge in [-0.25, -0.2) is 4.98 Å². The van der Waals surface area contributed by atoms with Crippen molar-refractivity contribution >= 4 is 11.8 Å². The number of hydrogen-bond acceptors (Lipinski definition) is 3. The van der Waals surface area contributed by atoms with Crippen LogP contribution < -0.4 is 5.56 Å². The molecule has 0 amide bonds. The first-order valence-electron chi connectivity index (χ1n) is 7.87. The van der Waals surface area contributed by atoms with E-state index in [-0.39, 0.29) is 5.56 Å². The largest absolute Gasteiger partial charge is 0.287 e. The third-order valence-electron chi connectivity index (χ3n) is 3.75. The Morgan fingerprint density at radius 1 is 1.00 bits per heavy atom. The molecule has 0 aliphatic rings. The molecule has 0 atom stereocenters. The van der Waals surface area contributed by atoms with Gasteiger partial charge in [-0.2, -0.15) is 0 Å². The highest BCUT2D eigenvalue weighted by atomic mass is 32.2. The minimum absolute atomic E-state index is 0.0693. The van der Waals surface area contributed by atoms with Crippen LogP contribution in [0.2, 0.25) is 0 Å². The molecular weight excluding hydrogens is 316 g/mol. The molecule has 2 aromatic carbocycles. The quantitative estimate of drug-likeness (QED) is 0.660. The summed E-state index contributed by atoms with van der Waals surface area (Å²) in [4.78, 5) is 17.0. The maximum absolute atomic E-state index is 12.8. The van der Waals surface area contributed by atoms with E-state index < -0.39 is 0 Å². The van der Waals surface area contributed by atoms with Crippen LogP contribution in [0.15, 0.2) is 64.7 Å². The maximum Gasteiger partial charge on any atom is 0.287 e. The van der Waals surface area contributed by atoms with Crippen molar-refractivity contribution in [1.82, 2.24) is 9.55 Å². The lowest BCUT2D eigenvalue weighted by molar-refractivity contribution is 0.880. The first kappa shape index (κ1) is 16.5. The van der Waals surface area contributed by atoms with Crippen LogP contribution in [-0.2, 0) is 5.75 Å². The minimum Gasteiger partial charge on any atom is -0.280 e. The maximum atomic E-state index is 12.8. The topological polar surface area (TPSA) is 34.9 Å². The fourth-order valence-corrected chi connectivity index (χ4v) is 3.58. The second-order valence-electron chi connectivity index (χ2n) is 6.03. The van der Waals surface area contributed by atoms with E-state index in [1.54, 1.807) is 17.0 Å². The molecule has 3 aromatic rings. The molecule has 0 aliphatic heterocycles. The first-order valence-corrected chi connectivity index (χ1v) is 8.86. The van der Waals surface area contributed by atoms with E-state index >= 15 is 0 Å². The summed E-state index contributed by atoms with van der Waals surface area (Å²) in [6.07, 6.45) is 3.42. The van der Waals surface area contributed by atoms with E-state index in [9.17, 15) is 4.79 Å². The Labute approximate surface area is 146 Å². The number of benzene rings is 2. The second kappa shape index (κ2) is 7.05. The van der Waals surface area contributed by atoms with Gasteiger partial charge in [-0.15, -0.1) is 0 Å². The highest BCUT2D eigenvalue weighted by molar-refractivity contribution is 7.98. The van der Waals surface area contributed by atoms with Gasteiger partial charge in [0.15, 0.2) is 5.03 Å². The Hall–Kier alpha value is -2.33. The van der Waals surface area contributed by atoms with Gasteiger partial charge in [-0.1, -0.05) is 47.7 Å². The molecule has 0 aliphatic carbocycles. The van der Waals surface area contributed by atoms with Crippen molar-refractivity contribution in [2.75, 3.05) is 0 Å². The third kappa shape index (κ3) is 3.77. The molecule has 3 rings (SSSR count). The summed E-state index contributed by atoms with van der Waals surface area (Å²) in [6.45, 7) is 6.15. The van der Waals surface area contributed by atoms with Crippen molar-refractivity contribution in [2.24, 2.45) is 0 Å². The minimum atomic E-state index is -0.0693. The van der Waals surface area contributed by atoms with Gasteiger partial charge in [-0.3, -0.25) is 9.36 Å². The monoisotopic (exact) mass is 336 g/mol. The predicted octanol–water partition coefficient (Wildman–Crippen LogP) is 4.45. The van der Waals surface area contributed by atoms with E-state index in [0.717, 1.165) is 22.6 Å². The highest BCUT2D eigenvalue weighted by Gasteiger charge is 2.08. The zero-order valence-corrected chi connectivity index (χ0v) is 14.9. The molecule has 0 unspecified atom stereocenters. The summed E-state index contributed by atoms with van der Waals surface area (Å²) in [5.41, 5.74) is 5.52. The average molecular weight is 336 g/mol. The third-order valence-corrected chi connectivity index (χ3v) is 4.78. The van der Waals surface area contributed by atoms with Gasteiger partial charge in [0, 0.05) is 23.8 Å². The van der Waals surface area contributed by atoms with E-state index in [4.69, 9.17) is 0 Å². The smallest absolute Gasteiger partial charge is 0.280 e.